The first-order valence-corrected chi connectivity index (χ1v) is 6.94. The molecule has 0 spiro atoms. The van der Waals surface area contributed by atoms with Crippen molar-refractivity contribution < 1.29 is 4.74 Å². The van der Waals surface area contributed by atoms with E-state index in [9.17, 15) is 0 Å². The summed E-state index contributed by atoms with van der Waals surface area (Å²) in [5.74, 6) is 0. The molecule has 2 rings (SSSR count). The van der Waals surface area contributed by atoms with Gasteiger partial charge in [0.1, 0.15) is 0 Å². The summed E-state index contributed by atoms with van der Waals surface area (Å²) in [7, 11) is 0. The molecular weight excluding hydrogens is 224 g/mol. The van der Waals surface area contributed by atoms with Crippen molar-refractivity contribution in [2.24, 2.45) is 5.73 Å². The Bertz CT molecular complexity index is 336. The van der Waals surface area contributed by atoms with Crippen LogP contribution in [-0.2, 0) is 4.74 Å². The van der Waals surface area contributed by atoms with Crippen LogP contribution in [0.5, 0.6) is 0 Å². The third-order valence-corrected chi connectivity index (χ3v) is 3.62. The van der Waals surface area contributed by atoms with E-state index in [0.29, 0.717) is 6.10 Å². The van der Waals surface area contributed by atoms with Crippen LogP contribution in [0.3, 0.4) is 0 Å². The number of hydrogen-bond acceptors (Lipinski definition) is 3. The van der Waals surface area contributed by atoms with Gasteiger partial charge in [0.05, 0.1) is 6.10 Å². The Morgan fingerprint density at radius 3 is 2.78 bits per heavy atom. The van der Waals surface area contributed by atoms with Gasteiger partial charge in [0.2, 0.25) is 0 Å². The van der Waals surface area contributed by atoms with Crippen LogP contribution in [0.4, 0.5) is 0 Å². The molecule has 0 saturated carbocycles. The second kappa shape index (κ2) is 6.88. The van der Waals surface area contributed by atoms with Crippen molar-refractivity contribution in [1.82, 2.24) is 4.90 Å². The van der Waals surface area contributed by atoms with E-state index in [0.717, 1.165) is 26.2 Å². The highest BCUT2D eigenvalue weighted by molar-refractivity contribution is 5.18. The summed E-state index contributed by atoms with van der Waals surface area (Å²) in [6, 6.07) is 10.4. The molecule has 0 aliphatic carbocycles. The topological polar surface area (TPSA) is 38.5 Å². The minimum Gasteiger partial charge on any atom is -0.377 e. The van der Waals surface area contributed by atoms with E-state index in [4.69, 9.17) is 10.5 Å². The van der Waals surface area contributed by atoms with Gasteiger partial charge < -0.3 is 10.5 Å². The molecule has 1 heterocycles. The monoisotopic (exact) mass is 248 g/mol. The summed E-state index contributed by atoms with van der Waals surface area (Å²) in [6.45, 7) is 6.05. The van der Waals surface area contributed by atoms with Crippen molar-refractivity contribution in [1.29, 1.82) is 0 Å². The molecule has 2 atom stereocenters. The predicted octanol–water partition coefficient (Wildman–Crippen LogP) is 2.19. The number of ether oxygens (including phenoxy) is 1. The van der Waals surface area contributed by atoms with Crippen LogP contribution < -0.4 is 5.73 Å². The minimum atomic E-state index is 0.0903. The lowest BCUT2D eigenvalue weighted by Gasteiger charge is -2.26. The third-order valence-electron chi connectivity index (χ3n) is 3.62. The summed E-state index contributed by atoms with van der Waals surface area (Å²) in [5, 5.41) is 0. The molecule has 1 fully saturated rings. The van der Waals surface area contributed by atoms with E-state index in [1.807, 2.05) is 18.2 Å². The number of nitrogens with two attached hydrogens (primary N) is 1. The first-order chi connectivity index (χ1) is 8.79. The zero-order chi connectivity index (χ0) is 12.8. The molecule has 2 N–H and O–H groups in total. The molecule has 2 unspecified atom stereocenters. The first-order valence-electron chi connectivity index (χ1n) is 6.94. The average molecular weight is 248 g/mol. The van der Waals surface area contributed by atoms with E-state index >= 15 is 0 Å². The van der Waals surface area contributed by atoms with Crippen molar-refractivity contribution in [2.75, 3.05) is 26.2 Å². The zero-order valence-electron chi connectivity index (χ0n) is 11.2. The van der Waals surface area contributed by atoms with Gasteiger partial charge in [-0.15, -0.1) is 0 Å². The molecule has 1 aromatic carbocycles. The van der Waals surface area contributed by atoms with Gasteiger partial charge in [0.15, 0.2) is 0 Å². The van der Waals surface area contributed by atoms with Crippen LogP contribution in [0.1, 0.15) is 31.4 Å². The Morgan fingerprint density at radius 2 is 2.17 bits per heavy atom. The van der Waals surface area contributed by atoms with Crippen LogP contribution in [0.25, 0.3) is 0 Å². The van der Waals surface area contributed by atoms with Crippen molar-refractivity contribution in [3.05, 3.63) is 35.9 Å². The molecule has 3 nitrogen and oxygen atoms in total. The molecule has 1 aliphatic heterocycles. The molecule has 0 amide bonds. The van der Waals surface area contributed by atoms with Crippen molar-refractivity contribution >= 4 is 0 Å². The molecule has 0 aromatic heterocycles. The summed E-state index contributed by atoms with van der Waals surface area (Å²) in [5.41, 5.74) is 7.47. The molecule has 18 heavy (non-hydrogen) atoms. The maximum atomic E-state index is 6.26. The molecule has 100 valence electrons. The molecular formula is C15H24N2O. The Balaban J connectivity index is 1.85. The third kappa shape index (κ3) is 3.80. The Labute approximate surface area is 110 Å². The molecule has 0 radical (unpaired) electrons. The largest absolute Gasteiger partial charge is 0.377 e. The number of rotatable bonds is 6. The smallest absolute Gasteiger partial charge is 0.0702 e. The normalized spacial score (nSPS) is 21.4. The van der Waals surface area contributed by atoms with Crippen LogP contribution in [0, 0.1) is 0 Å². The quantitative estimate of drug-likeness (QED) is 0.838. The average Bonchev–Trinajstić information content (AvgIpc) is 2.91. The van der Waals surface area contributed by atoms with E-state index in [1.165, 1.54) is 18.4 Å². The van der Waals surface area contributed by atoms with Crippen molar-refractivity contribution in [2.45, 2.75) is 31.9 Å². The van der Waals surface area contributed by atoms with Crippen molar-refractivity contribution in [3.8, 4) is 0 Å². The summed E-state index contributed by atoms with van der Waals surface area (Å²) in [4.78, 5) is 2.40. The van der Waals surface area contributed by atoms with Crippen LogP contribution in [0.2, 0.25) is 0 Å². The highest BCUT2D eigenvalue weighted by Crippen LogP contribution is 2.16. The van der Waals surface area contributed by atoms with Crippen LogP contribution in [-0.4, -0.2) is 37.2 Å². The zero-order valence-corrected chi connectivity index (χ0v) is 11.2. The number of hydrogen-bond donors (Lipinski definition) is 1. The van der Waals surface area contributed by atoms with Crippen molar-refractivity contribution in [3.63, 3.8) is 0 Å². The van der Waals surface area contributed by atoms with Gasteiger partial charge in [-0.05, 0) is 24.9 Å². The second-order valence-electron chi connectivity index (χ2n) is 5.00. The second-order valence-corrected chi connectivity index (χ2v) is 5.00. The predicted molar refractivity (Wildman–Crippen MR) is 74.5 cm³/mol. The van der Waals surface area contributed by atoms with E-state index in [-0.39, 0.29) is 6.04 Å². The van der Waals surface area contributed by atoms with Gasteiger partial charge in [-0.2, -0.15) is 0 Å². The van der Waals surface area contributed by atoms with Crippen LogP contribution >= 0.6 is 0 Å². The Morgan fingerprint density at radius 1 is 1.39 bits per heavy atom. The first kappa shape index (κ1) is 13.5. The maximum Gasteiger partial charge on any atom is 0.0702 e. The molecule has 3 heteroatoms. The summed E-state index contributed by atoms with van der Waals surface area (Å²) < 4.78 is 5.69. The maximum absolute atomic E-state index is 6.26. The van der Waals surface area contributed by atoms with E-state index < -0.39 is 0 Å². The SMILES string of the molecule is CCN(CC1CCCO1)CC(N)c1ccccc1. The lowest BCUT2D eigenvalue weighted by atomic mass is 10.1. The molecule has 1 aromatic rings. The molecule has 0 bridgehead atoms. The summed E-state index contributed by atoms with van der Waals surface area (Å²) >= 11 is 0. The minimum absolute atomic E-state index is 0.0903. The molecule has 1 aliphatic rings. The number of benzene rings is 1. The lowest BCUT2D eigenvalue weighted by molar-refractivity contribution is 0.0729. The standard InChI is InChI=1S/C15H24N2O/c1-2-17(11-14-9-6-10-18-14)12-15(16)13-7-4-3-5-8-13/h3-5,7-8,14-15H,2,6,9-12,16H2,1H3. The lowest BCUT2D eigenvalue weighted by Crippen LogP contribution is -2.37. The molecule has 1 saturated heterocycles. The van der Waals surface area contributed by atoms with Gasteiger partial charge >= 0.3 is 0 Å². The van der Waals surface area contributed by atoms with Crippen LogP contribution in [0.15, 0.2) is 30.3 Å². The Hall–Kier alpha value is -0.900. The van der Waals surface area contributed by atoms with E-state index in [2.05, 4.69) is 24.0 Å². The van der Waals surface area contributed by atoms with E-state index in [1.54, 1.807) is 0 Å². The number of nitrogens with zero attached hydrogens (tertiary/aromatic N) is 1. The van der Waals surface area contributed by atoms with Gasteiger partial charge in [0, 0.05) is 25.7 Å². The Kier molecular flexibility index (Phi) is 5.17. The van der Waals surface area contributed by atoms with Gasteiger partial charge in [-0.1, -0.05) is 37.3 Å². The fourth-order valence-electron chi connectivity index (χ4n) is 2.49. The highest BCUT2D eigenvalue weighted by Gasteiger charge is 2.19. The fourth-order valence-corrected chi connectivity index (χ4v) is 2.49. The highest BCUT2D eigenvalue weighted by atomic mass is 16.5. The van der Waals surface area contributed by atoms with Gasteiger partial charge in [-0.25, -0.2) is 0 Å². The number of likely N-dealkylation sites (N-methyl/N-ethyl adjacent to an activating group) is 1. The van der Waals surface area contributed by atoms with Gasteiger partial charge in [-0.3, -0.25) is 4.90 Å². The fraction of sp³-hybridized carbons (Fsp3) is 0.600. The summed E-state index contributed by atoms with van der Waals surface area (Å²) in [6.07, 6.45) is 2.80. The van der Waals surface area contributed by atoms with Gasteiger partial charge in [0.25, 0.3) is 0 Å².